The molecule has 1 aliphatic heterocycles. The van der Waals surface area contributed by atoms with Crippen LogP contribution in [0.15, 0.2) is 54.7 Å². The molecule has 1 N–H and O–H groups in total. The van der Waals surface area contributed by atoms with E-state index >= 15 is 0 Å². The fourth-order valence-corrected chi connectivity index (χ4v) is 3.55. The van der Waals surface area contributed by atoms with E-state index in [1.807, 2.05) is 24.3 Å². The molecule has 2 heterocycles. The number of aromatic nitrogens is 1. The molecule has 0 amide bonds. The molecule has 1 aromatic carbocycles. The minimum Gasteiger partial charge on any atom is -0.376 e. The van der Waals surface area contributed by atoms with Crippen LogP contribution in [0, 0.1) is 16.0 Å². The van der Waals surface area contributed by atoms with Gasteiger partial charge in [0, 0.05) is 29.9 Å². The Morgan fingerprint density at radius 2 is 2.18 bits per heavy atom. The largest absolute Gasteiger partial charge is 0.376 e. The summed E-state index contributed by atoms with van der Waals surface area (Å²) in [6, 6.07) is 11.1. The first-order valence-corrected chi connectivity index (χ1v) is 7.36. The summed E-state index contributed by atoms with van der Waals surface area (Å²) in [5.74, 6) is 0.563. The van der Waals surface area contributed by atoms with Crippen molar-refractivity contribution in [2.45, 2.75) is 18.4 Å². The molecule has 1 aromatic heterocycles. The third-order valence-corrected chi connectivity index (χ3v) is 4.56. The minimum atomic E-state index is -0.335. The van der Waals surface area contributed by atoms with Crippen molar-refractivity contribution in [1.82, 2.24) is 4.98 Å². The van der Waals surface area contributed by atoms with Crippen LogP contribution in [0.5, 0.6) is 0 Å². The molecular formula is C17H15N3O2. The van der Waals surface area contributed by atoms with E-state index in [2.05, 4.69) is 22.5 Å². The summed E-state index contributed by atoms with van der Waals surface area (Å²) < 4.78 is 0. The lowest BCUT2D eigenvalue weighted by molar-refractivity contribution is -0.384. The first-order valence-electron chi connectivity index (χ1n) is 7.36. The van der Waals surface area contributed by atoms with Crippen molar-refractivity contribution < 1.29 is 4.92 Å². The number of anilines is 1. The topological polar surface area (TPSA) is 68.1 Å². The number of non-ortho nitro benzene ring substituents is 1. The number of hydrogen-bond donors (Lipinski definition) is 1. The number of pyridine rings is 1. The van der Waals surface area contributed by atoms with Gasteiger partial charge >= 0.3 is 0 Å². The summed E-state index contributed by atoms with van der Waals surface area (Å²) in [5.41, 5.74) is 3.15. The van der Waals surface area contributed by atoms with Crippen molar-refractivity contribution in [3.05, 3.63) is 76.1 Å². The zero-order valence-electron chi connectivity index (χ0n) is 11.8. The van der Waals surface area contributed by atoms with Gasteiger partial charge in [-0.15, -0.1) is 0 Å². The zero-order chi connectivity index (χ0) is 15.1. The molecule has 0 saturated carbocycles. The van der Waals surface area contributed by atoms with E-state index in [4.69, 9.17) is 0 Å². The van der Waals surface area contributed by atoms with Gasteiger partial charge in [-0.2, -0.15) is 0 Å². The predicted molar refractivity (Wildman–Crippen MR) is 83.7 cm³/mol. The van der Waals surface area contributed by atoms with Gasteiger partial charge < -0.3 is 5.32 Å². The molecule has 1 aliphatic carbocycles. The van der Waals surface area contributed by atoms with Crippen LogP contribution >= 0.6 is 0 Å². The molecule has 0 saturated heterocycles. The SMILES string of the molecule is O=[N+]([O-])c1ccc2c(c1)[C@H]1C=CC[C@@H]1[C@@H](c1ccccn1)N2. The number of nitro groups is 1. The van der Waals surface area contributed by atoms with Crippen molar-refractivity contribution in [1.29, 1.82) is 0 Å². The van der Waals surface area contributed by atoms with Crippen LogP contribution in [-0.2, 0) is 0 Å². The molecule has 0 bridgehead atoms. The third kappa shape index (κ3) is 1.97. The van der Waals surface area contributed by atoms with Crippen LogP contribution in [0.4, 0.5) is 11.4 Å². The Labute approximate surface area is 127 Å². The normalized spacial score (nSPS) is 25.2. The van der Waals surface area contributed by atoms with Crippen molar-refractivity contribution in [3.63, 3.8) is 0 Å². The summed E-state index contributed by atoms with van der Waals surface area (Å²) >= 11 is 0. The van der Waals surface area contributed by atoms with Gasteiger partial charge in [-0.25, -0.2) is 0 Å². The molecule has 110 valence electrons. The van der Waals surface area contributed by atoms with E-state index in [1.54, 1.807) is 18.3 Å². The second kappa shape index (κ2) is 4.94. The summed E-state index contributed by atoms with van der Waals surface area (Å²) in [7, 11) is 0. The predicted octanol–water partition coefficient (Wildman–Crippen LogP) is 3.82. The van der Waals surface area contributed by atoms with Crippen LogP contribution in [0.2, 0.25) is 0 Å². The summed E-state index contributed by atoms with van der Waals surface area (Å²) in [5, 5.41) is 14.5. The third-order valence-electron chi connectivity index (χ3n) is 4.56. The van der Waals surface area contributed by atoms with E-state index in [-0.39, 0.29) is 22.6 Å². The zero-order valence-corrected chi connectivity index (χ0v) is 11.8. The quantitative estimate of drug-likeness (QED) is 0.519. The number of hydrogen-bond acceptors (Lipinski definition) is 4. The molecule has 5 nitrogen and oxygen atoms in total. The van der Waals surface area contributed by atoms with Crippen LogP contribution < -0.4 is 5.32 Å². The first kappa shape index (κ1) is 13.0. The number of nitrogens with one attached hydrogen (secondary N) is 1. The van der Waals surface area contributed by atoms with Gasteiger partial charge in [0.1, 0.15) is 0 Å². The highest BCUT2D eigenvalue weighted by Crippen LogP contribution is 2.49. The van der Waals surface area contributed by atoms with Crippen LogP contribution in [-0.4, -0.2) is 9.91 Å². The van der Waals surface area contributed by atoms with Crippen molar-refractivity contribution in [2.75, 3.05) is 5.32 Å². The molecule has 22 heavy (non-hydrogen) atoms. The van der Waals surface area contributed by atoms with E-state index in [1.165, 1.54) is 0 Å². The Morgan fingerprint density at radius 1 is 1.27 bits per heavy atom. The van der Waals surface area contributed by atoms with Gasteiger partial charge in [0.2, 0.25) is 0 Å². The maximum atomic E-state index is 11.0. The number of nitro benzene ring substituents is 1. The Kier molecular flexibility index (Phi) is 2.92. The number of nitrogens with zero attached hydrogens (tertiary/aromatic N) is 2. The second-order valence-corrected chi connectivity index (χ2v) is 5.76. The van der Waals surface area contributed by atoms with E-state index in [9.17, 15) is 10.1 Å². The van der Waals surface area contributed by atoms with Crippen molar-refractivity contribution in [2.24, 2.45) is 5.92 Å². The molecule has 2 aliphatic rings. The van der Waals surface area contributed by atoms with E-state index < -0.39 is 0 Å². The smallest absolute Gasteiger partial charge is 0.269 e. The van der Waals surface area contributed by atoms with Crippen LogP contribution in [0.25, 0.3) is 0 Å². The molecule has 0 spiro atoms. The summed E-state index contributed by atoms with van der Waals surface area (Å²) in [6.45, 7) is 0. The Hall–Kier alpha value is -2.69. The fourth-order valence-electron chi connectivity index (χ4n) is 3.55. The van der Waals surface area contributed by atoms with Gasteiger partial charge in [0.15, 0.2) is 0 Å². The Morgan fingerprint density at radius 3 is 2.95 bits per heavy atom. The lowest BCUT2D eigenvalue weighted by Crippen LogP contribution is -2.29. The standard InChI is InChI=1S/C17H15N3O2/c21-20(22)11-7-8-15-14(10-11)12-4-3-5-13(12)17(19-15)16-6-1-2-9-18-16/h1-4,6-10,12-13,17,19H,5H2/t12-,13-,17-/m0/s1. The molecule has 0 radical (unpaired) electrons. The molecule has 3 atom stereocenters. The molecular weight excluding hydrogens is 278 g/mol. The van der Waals surface area contributed by atoms with Gasteiger partial charge in [-0.3, -0.25) is 15.1 Å². The highest BCUT2D eigenvalue weighted by molar-refractivity contribution is 5.62. The van der Waals surface area contributed by atoms with Gasteiger partial charge in [-0.1, -0.05) is 18.2 Å². The highest BCUT2D eigenvalue weighted by Gasteiger charge is 2.39. The maximum Gasteiger partial charge on any atom is 0.269 e. The maximum absolute atomic E-state index is 11.0. The lowest BCUT2D eigenvalue weighted by Gasteiger charge is -2.36. The molecule has 4 rings (SSSR count). The average molecular weight is 293 g/mol. The summed E-state index contributed by atoms with van der Waals surface area (Å²) in [6.07, 6.45) is 7.10. The number of benzene rings is 1. The summed E-state index contributed by atoms with van der Waals surface area (Å²) in [4.78, 5) is 15.2. The first-order chi connectivity index (χ1) is 10.7. The Bertz CT molecular complexity index is 758. The molecule has 5 heteroatoms. The van der Waals surface area contributed by atoms with E-state index in [0.29, 0.717) is 5.92 Å². The van der Waals surface area contributed by atoms with Gasteiger partial charge in [0.05, 0.1) is 16.7 Å². The lowest BCUT2D eigenvalue weighted by atomic mass is 9.78. The van der Waals surface area contributed by atoms with Crippen molar-refractivity contribution >= 4 is 11.4 Å². The van der Waals surface area contributed by atoms with Crippen LogP contribution in [0.1, 0.15) is 29.6 Å². The number of fused-ring (bicyclic) bond motifs is 3. The van der Waals surface area contributed by atoms with Crippen molar-refractivity contribution in [3.8, 4) is 0 Å². The number of allylic oxidation sites excluding steroid dienone is 2. The molecule has 2 aromatic rings. The monoisotopic (exact) mass is 293 g/mol. The highest BCUT2D eigenvalue weighted by atomic mass is 16.6. The fraction of sp³-hybridized carbons (Fsp3) is 0.235. The second-order valence-electron chi connectivity index (χ2n) is 5.76. The van der Waals surface area contributed by atoms with E-state index in [0.717, 1.165) is 23.4 Å². The molecule has 0 unspecified atom stereocenters. The van der Waals surface area contributed by atoms with Gasteiger partial charge in [-0.05, 0) is 36.1 Å². The average Bonchev–Trinajstić information content (AvgIpc) is 3.04. The van der Waals surface area contributed by atoms with Crippen LogP contribution in [0.3, 0.4) is 0 Å². The number of rotatable bonds is 2. The Balaban J connectivity index is 1.79. The molecule has 0 fully saturated rings. The minimum absolute atomic E-state index is 0.134. The van der Waals surface area contributed by atoms with Gasteiger partial charge in [0.25, 0.3) is 5.69 Å².